The number of amides is 1. The summed E-state index contributed by atoms with van der Waals surface area (Å²) in [6.07, 6.45) is 3.20. The summed E-state index contributed by atoms with van der Waals surface area (Å²) in [5.74, 6) is -0.230. The highest BCUT2D eigenvalue weighted by atomic mass is 79.9. The highest BCUT2D eigenvalue weighted by Crippen LogP contribution is 2.25. The third-order valence-electron chi connectivity index (χ3n) is 2.48. The molecule has 0 aliphatic heterocycles. The fourth-order valence-corrected chi connectivity index (χ4v) is 2.07. The van der Waals surface area contributed by atoms with Crippen LogP contribution in [-0.2, 0) is 4.79 Å². The fraction of sp³-hybridized carbons (Fsp3) is 0. The monoisotopic (exact) mass is 369 g/mol. The van der Waals surface area contributed by atoms with Crippen molar-refractivity contribution in [2.45, 2.75) is 0 Å². The maximum Gasteiger partial charge on any atom is 0.248 e. The van der Waals surface area contributed by atoms with E-state index in [0.29, 0.717) is 15.7 Å². The third-order valence-corrected chi connectivity index (χ3v) is 3.75. The number of benzene rings is 2. The molecule has 0 fully saturated rings. The lowest BCUT2D eigenvalue weighted by molar-refractivity contribution is -0.111. The van der Waals surface area contributed by atoms with Gasteiger partial charge in [-0.2, -0.15) is 0 Å². The second-order valence-corrected chi connectivity index (χ2v) is 5.73. The van der Waals surface area contributed by atoms with Crippen LogP contribution in [0.2, 0.25) is 10.0 Å². The number of anilines is 1. The molecule has 0 heterocycles. The molecule has 0 spiro atoms. The summed E-state index contributed by atoms with van der Waals surface area (Å²) in [6.45, 7) is 0. The molecule has 2 nitrogen and oxygen atoms in total. The van der Waals surface area contributed by atoms with Crippen LogP contribution in [0.5, 0.6) is 0 Å². The van der Waals surface area contributed by atoms with E-state index in [9.17, 15) is 4.79 Å². The molecule has 1 N–H and O–H groups in total. The van der Waals surface area contributed by atoms with Crippen molar-refractivity contribution in [3.8, 4) is 0 Å². The Balaban J connectivity index is 2.01. The van der Waals surface area contributed by atoms with Gasteiger partial charge in [-0.1, -0.05) is 51.3 Å². The van der Waals surface area contributed by atoms with Crippen LogP contribution in [-0.4, -0.2) is 5.91 Å². The maximum absolute atomic E-state index is 11.8. The Bertz CT molecular complexity index is 653. The summed E-state index contributed by atoms with van der Waals surface area (Å²) in [4.78, 5) is 11.8. The van der Waals surface area contributed by atoms with E-state index in [0.717, 1.165) is 10.0 Å². The molecule has 2 aromatic carbocycles. The topological polar surface area (TPSA) is 29.1 Å². The van der Waals surface area contributed by atoms with E-state index in [2.05, 4.69) is 21.2 Å². The minimum absolute atomic E-state index is 0.230. The first-order valence-corrected chi connectivity index (χ1v) is 7.29. The van der Waals surface area contributed by atoms with Crippen LogP contribution < -0.4 is 5.32 Å². The van der Waals surface area contributed by atoms with Gasteiger partial charge in [0, 0.05) is 16.2 Å². The fourth-order valence-electron chi connectivity index (χ4n) is 1.50. The molecule has 20 heavy (non-hydrogen) atoms. The molecule has 1 amide bonds. The van der Waals surface area contributed by atoms with Crippen LogP contribution in [0, 0.1) is 0 Å². The van der Waals surface area contributed by atoms with Crippen LogP contribution in [0.3, 0.4) is 0 Å². The van der Waals surface area contributed by atoms with Crippen molar-refractivity contribution in [2.75, 3.05) is 5.32 Å². The lowest BCUT2D eigenvalue weighted by atomic mass is 10.2. The predicted octanol–water partition coefficient (Wildman–Crippen LogP) is 5.41. The Kier molecular flexibility index (Phi) is 5.24. The van der Waals surface area contributed by atoms with Crippen molar-refractivity contribution in [3.05, 3.63) is 68.6 Å². The zero-order valence-corrected chi connectivity index (χ0v) is 13.3. The van der Waals surface area contributed by atoms with E-state index in [1.165, 1.54) is 6.08 Å². The van der Waals surface area contributed by atoms with E-state index in [1.807, 2.05) is 24.3 Å². The summed E-state index contributed by atoms with van der Waals surface area (Å²) in [5.41, 5.74) is 1.54. The number of halogens is 3. The Hall–Kier alpha value is -1.29. The summed E-state index contributed by atoms with van der Waals surface area (Å²) in [5, 5.41) is 3.57. The van der Waals surface area contributed by atoms with Gasteiger partial charge in [0.1, 0.15) is 0 Å². The molecule has 0 bridgehead atoms. The van der Waals surface area contributed by atoms with Gasteiger partial charge >= 0.3 is 0 Å². The molecule has 2 aromatic rings. The zero-order valence-electron chi connectivity index (χ0n) is 10.2. The van der Waals surface area contributed by atoms with Crippen molar-refractivity contribution < 1.29 is 4.79 Å². The molecular weight excluding hydrogens is 361 g/mol. The van der Waals surface area contributed by atoms with Crippen LogP contribution in [0.15, 0.2) is 53.0 Å². The molecule has 0 aromatic heterocycles. The molecule has 0 saturated heterocycles. The minimum Gasteiger partial charge on any atom is -0.322 e. The van der Waals surface area contributed by atoms with Gasteiger partial charge in [0.15, 0.2) is 0 Å². The maximum atomic E-state index is 11.8. The van der Waals surface area contributed by atoms with Gasteiger partial charge in [0.05, 0.1) is 10.0 Å². The summed E-state index contributed by atoms with van der Waals surface area (Å²) in [7, 11) is 0. The van der Waals surface area contributed by atoms with E-state index in [-0.39, 0.29) is 5.91 Å². The average molecular weight is 371 g/mol. The largest absolute Gasteiger partial charge is 0.322 e. The normalized spacial score (nSPS) is 10.8. The molecule has 102 valence electrons. The van der Waals surface area contributed by atoms with Crippen LogP contribution in [0.25, 0.3) is 6.08 Å². The van der Waals surface area contributed by atoms with Crippen molar-refractivity contribution in [1.82, 2.24) is 0 Å². The minimum atomic E-state index is -0.230. The van der Waals surface area contributed by atoms with Crippen LogP contribution in [0.4, 0.5) is 5.69 Å². The van der Waals surface area contributed by atoms with Gasteiger partial charge in [0.25, 0.3) is 0 Å². The van der Waals surface area contributed by atoms with Crippen molar-refractivity contribution in [2.24, 2.45) is 0 Å². The van der Waals surface area contributed by atoms with E-state index >= 15 is 0 Å². The van der Waals surface area contributed by atoms with Crippen LogP contribution in [0.1, 0.15) is 5.56 Å². The molecule has 0 aliphatic carbocycles. The first-order chi connectivity index (χ1) is 9.54. The standard InChI is InChI=1S/C15H10BrCl2NO/c16-11-4-1-10(2-5-11)3-8-15(20)19-12-6-7-13(17)14(18)9-12/h1-9H,(H,19,20). The Morgan fingerprint density at radius 3 is 2.40 bits per heavy atom. The highest BCUT2D eigenvalue weighted by molar-refractivity contribution is 9.10. The number of hydrogen-bond acceptors (Lipinski definition) is 1. The molecule has 0 unspecified atom stereocenters. The van der Waals surface area contributed by atoms with Gasteiger partial charge in [-0.15, -0.1) is 0 Å². The van der Waals surface area contributed by atoms with Gasteiger partial charge < -0.3 is 5.32 Å². The lowest BCUT2D eigenvalue weighted by Gasteiger charge is -2.03. The summed E-state index contributed by atoms with van der Waals surface area (Å²) >= 11 is 15.0. The molecule has 2 rings (SSSR count). The predicted molar refractivity (Wildman–Crippen MR) is 88.3 cm³/mol. The second kappa shape index (κ2) is 6.93. The SMILES string of the molecule is O=C(C=Cc1ccc(Br)cc1)Nc1ccc(Cl)c(Cl)c1. The van der Waals surface area contributed by atoms with E-state index in [1.54, 1.807) is 24.3 Å². The summed E-state index contributed by atoms with van der Waals surface area (Å²) in [6, 6.07) is 12.6. The van der Waals surface area contributed by atoms with Crippen molar-refractivity contribution >= 4 is 56.8 Å². The number of carbonyl (C=O) groups excluding carboxylic acids is 1. The first kappa shape index (κ1) is 15.1. The first-order valence-electron chi connectivity index (χ1n) is 5.74. The number of carbonyl (C=O) groups is 1. The van der Waals surface area contributed by atoms with Crippen LogP contribution >= 0.6 is 39.1 Å². The quantitative estimate of drug-likeness (QED) is 0.719. The second-order valence-electron chi connectivity index (χ2n) is 4.00. The summed E-state index contributed by atoms with van der Waals surface area (Å²) < 4.78 is 0.995. The van der Waals surface area contributed by atoms with Gasteiger partial charge in [-0.25, -0.2) is 0 Å². The van der Waals surface area contributed by atoms with E-state index in [4.69, 9.17) is 23.2 Å². The van der Waals surface area contributed by atoms with Crippen molar-refractivity contribution in [3.63, 3.8) is 0 Å². The van der Waals surface area contributed by atoms with Gasteiger partial charge in [0.2, 0.25) is 5.91 Å². The van der Waals surface area contributed by atoms with Gasteiger partial charge in [-0.3, -0.25) is 4.79 Å². The molecule has 0 saturated carbocycles. The lowest BCUT2D eigenvalue weighted by Crippen LogP contribution is -2.07. The zero-order chi connectivity index (χ0) is 14.5. The molecule has 0 atom stereocenters. The molecule has 0 radical (unpaired) electrons. The van der Waals surface area contributed by atoms with Gasteiger partial charge in [-0.05, 0) is 42.0 Å². The van der Waals surface area contributed by atoms with Crippen molar-refractivity contribution in [1.29, 1.82) is 0 Å². The number of hydrogen-bond donors (Lipinski definition) is 1. The molecule has 5 heteroatoms. The number of nitrogens with one attached hydrogen (secondary N) is 1. The highest BCUT2D eigenvalue weighted by Gasteiger charge is 2.01. The molecule has 0 aliphatic rings. The Morgan fingerprint density at radius 2 is 1.75 bits per heavy atom. The Morgan fingerprint density at radius 1 is 1.05 bits per heavy atom. The Labute approximate surface area is 135 Å². The average Bonchev–Trinajstić information content (AvgIpc) is 2.42. The third kappa shape index (κ3) is 4.37. The van der Waals surface area contributed by atoms with E-state index < -0.39 is 0 Å². The molecular formula is C15H10BrCl2NO. The smallest absolute Gasteiger partial charge is 0.248 e. The number of rotatable bonds is 3.